The molecule has 0 radical (unpaired) electrons. The molecule has 7 heteroatoms. The van der Waals surface area contributed by atoms with Crippen LogP contribution in [0.15, 0.2) is 30.5 Å². The molecule has 0 saturated carbocycles. The number of halogens is 1. The van der Waals surface area contributed by atoms with E-state index in [-0.39, 0.29) is 22.8 Å². The lowest BCUT2D eigenvalue weighted by Gasteiger charge is -2.13. The van der Waals surface area contributed by atoms with E-state index in [1.807, 2.05) is 0 Å². The Kier molecular flexibility index (Phi) is 3.69. The Morgan fingerprint density at radius 3 is 2.85 bits per heavy atom. The van der Waals surface area contributed by atoms with Gasteiger partial charge in [0, 0.05) is 12.3 Å². The second-order valence-electron chi connectivity index (χ2n) is 3.90. The second kappa shape index (κ2) is 5.43. The maximum atomic E-state index is 13.1. The quantitative estimate of drug-likeness (QED) is 0.793. The number of rotatable bonds is 4. The average molecular weight is 277 g/mol. The molecule has 0 aliphatic carbocycles. The normalized spacial score (nSPS) is 10.1. The van der Waals surface area contributed by atoms with Gasteiger partial charge in [-0.2, -0.15) is 0 Å². The summed E-state index contributed by atoms with van der Waals surface area (Å²) in [5.74, 6) is -1.19. The molecular formula is C13H12FN3O3. The molecule has 0 saturated heterocycles. The summed E-state index contributed by atoms with van der Waals surface area (Å²) in [6.45, 7) is 0. The van der Waals surface area contributed by atoms with Crippen LogP contribution in [-0.2, 0) is 0 Å². The molecule has 0 spiro atoms. The van der Waals surface area contributed by atoms with Crippen LogP contribution >= 0.6 is 0 Å². The van der Waals surface area contributed by atoms with Gasteiger partial charge in [-0.1, -0.05) is 0 Å². The molecule has 2 rings (SSSR count). The van der Waals surface area contributed by atoms with Gasteiger partial charge in [0.1, 0.15) is 11.6 Å². The van der Waals surface area contributed by atoms with Crippen molar-refractivity contribution in [3.05, 3.63) is 41.8 Å². The minimum Gasteiger partial charge on any atom is -0.494 e. The molecule has 0 fully saturated rings. The van der Waals surface area contributed by atoms with Gasteiger partial charge in [0.2, 0.25) is 0 Å². The van der Waals surface area contributed by atoms with Crippen molar-refractivity contribution >= 4 is 23.2 Å². The molecule has 0 atom stereocenters. The minimum absolute atomic E-state index is 0.00798. The van der Waals surface area contributed by atoms with Crippen molar-refractivity contribution in [1.29, 1.82) is 0 Å². The van der Waals surface area contributed by atoms with Crippen molar-refractivity contribution in [2.75, 3.05) is 18.2 Å². The summed E-state index contributed by atoms with van der Waals surface area (Å²) in [6, 6.07) is 5.18. The molecule has 0 aliphatic heterocycles. The molecule has 0 amide bonds. The predicted octanol–water partition coefficient (Wildman–Crippen LogP) is 2.25. The highest BCUT2D eigenvalue weighted by atomic mass is 19.1. The van der Waals surface area contributed by atoms with Crippen LogP contribution in [0.25, 0.3) is 0 Å². The number of aromatic carboxylic acids is 1. The SMILES string of the molecule is COc1cc(F)ccc1Nc1nccc(C(=O)O)c1N. The van der Waals surface area contributed by atoms with Crippen molar-refractivity contribution in [1.82, 2.24) is 4.98 Å². The third-order valence-corrected chi connectivity index (χ3v) is 2.64. The zero-order valence-corrected chi connectivity index (χ0v) is 10.6. The molecule has 104 valence electrons. The number of carbonyl (C=O) groups is 1. The first kappa shape index (κ1) is 13.6. The first-order valence-corrected chi connectivity index (χ1v) is 5.61. The van der Waals surface area contributed by atoms with Gasteiger partial charge in [0.15, 0.2) is 5.82 Å². The summed E-state index contributed by atoms with van der Waals surface area (Å²) in [5.41, 5.74) is 6.09. The van der Waals surface area contributed by atoms with Crippen molar-refractivity contribution in [3.8, 4) is 5.75 Å². The average Bonchev–Trinajstić information content (AvgIpc) is 2.42. The second-order valence-corrected chi connectivity index (χ2v) is 3.90. The third-order valence-electron chi connectivity index (χ3n) is 2.64. The molecule has 0 unspecified atom stereocenters. The summed E-state index contributed by atoms with van der Waals surface area (Å²) in [4.78, 5) is 15.0. The van der Waals surface area contributed by atoms with Crippen LogP contribution in [0.5, 0.6) is 5.75 Å². The monoisotopic (exact) mass is 277 g/mol. The van der Waals surface area contributed by atoms with Gasteiger partial charge in [-0.05, 0) is 18.2 Å². The number of anilines is 3. The van der Waals surface area contributed by atoms with Crippen LogP contribution in [0, 0.1) is 5.82 Å². The van der Waals surface area contributed by atoms with Crippen LogP contribution in [-0.4, -0.2) is 23.2 Å². The lowest BCUT2D eigenvalue weighted by atomic mass is 10.2. The molecule has 1 aromatic carbocycles. The van der Waals surface area contributed by atoms with Crippen molar-refractivity contribution in [2.45, 2.75) is 0 Å². The molecule has 0 aliphatic rings. The van der Waals surface area contributed by atoms with E-state index < -0.39 is 11.8 Å². The molecule has 20 heavy (non-hydrogen) atoms. The largest absolute Gasteiger partial charge is 0.494 e. The summed E-state index contributed by atoms with van der Waals surface area (Å²) in [6.07, 6.45) is 1.32. The summed E-state index contributed by atoms with van der Waals surface area (Å²) in [5, 5.41) is 11.8. The lowest BCUT2D eigenvalue weighted by molar-refractivity contribution is 0.0698. The van der Waals surface area contributed by atoms with Gasteiger partial charge in [-0.3, -0.25) is 0 Å². The number of nitrogens with two attached hydrogens (primary N) is 1. The topological polar surface area (TPSA) is 97.5 Å². The number of ether oxygens (including phenoxy) is 1. The molecule has 2 aromatic rings. The number of nitrogen functional groups attached to an aromatic ring is 1. The highest BCUT2D eigenvalue weighted by Crippen LogP contribution is 2.30. The number of nitrogens with zero attached hydrogens (tertiary/aromatic N) is 1. The van der Waals surface area contributed by atoms with Gasteiger partial charge in [0.05, 0.1) is 24.0 Å². The van der Waals surface area contributed by atoms with Crippen LogP contribution < -0.4 is 15.8 Å². The Hall–Kier alpha value is -2.83. The zero-order chi connectivity index (χ0) is 14.7. The van der Waals surface area contributed by atoms with Crippen LogP contribution in [0.1, 0.15) is 10.4 Å². The lowest BCUT2D eigenvalue weighted by Crippen LogP contribution is -2.07. The standard InChI is InChI=1S/C13H12FN3O3/c1-20-10-6-7(14)2-3-9(10)17-12-11(15)8(13(18)19)4-5-16-12/h2-6H,15H2,1H3,(H,16,17)(H,18,19). The maximum Gasteiger partial charge on any atom is 0.337 e. The van der Waals surface area contributed by atoms with E-state index in [1.54, 1.807) is 0 Å². The molecule has 4 N–H and O–H groups in total. The fraction of sp³-hybridized carbons (Fsp3) is 0.0769. The van der Waals surface area contributed by atoms with Crippen LogP contribution in [0.3, 0.4) is 0 Å². The van der Waals surface area contributed by atoms with E-state index in [0.717, 1.165) is 0 Å². The van der Waals surface area contributed by atoms with Crippen molar-refractivity contribution in [3.63, 3.8) is 0 Å². The molecule has 1 heterocycles. The fourth-order valence-electron chi connectivity index (χ4n) is 1.66. The van der Waals surface area contributed by atoms with Gasteiger partial charge in [0.25, 0.3) is 0 Å². The summed E-state index contributed by atoms with van der Waals surface area (Å²) >= 11 is 0. The number of hydrogen-bond acceptors (Lipinski definition) is 5. The smallest absolute Gasteiger partial charge is 0.337 e. The van der Waals surface area contributed by atoms with E-state index in [0.29, 0.717) is 5.69 Å². The number of pyridine rings is 1. The van der Waals surface area contributed by atoms with Crippen molar-refractivity contribution < 1.29 is 19.0 Å². The highest BCUT2D eigenvalue weighted by molar-refractivity contribution is 5.96. The van der Waals surface area contributed by atoms with E-state index in [2.05, 4.69) is 10.3 Å². The van der Waals surface area contributed by atoms with Crippen LogP contribution in [0.2, 0.25) is 0 Å². The zero-order valence-electron chi connectivity index (χ0n) is 10.6. The minimum atomic E-state index is -1.15. The highest BCUT2D eigenvalue weighted by Gasteiger charge is 2.14. The molecule has 6 nitrogen and oxygen atoms in total. The number of aromatic nitrogens is 1. The predicted molar refractivity (Wildman–Crippen MR) is 71.8 cm³/mol. The van der Waals surface area contributed by atoms with Crippen molar-refractivity contribution in [2.24, 2.45) is 0 Å². The number of methoxy groups -OCH3 is 1. The fourth-order valence-corrected chi connectivity index (χ4v) is 1.66. The number of carboxylic acid groups (broad SMARTS) is 1. The third kappa shape index (κ3) is 2.61. The Balaban J connectivity index is 2.40. The Morgan fingerprint density at radius 1 is 1.45 bits per heavy atom. The van der Waals surface area contributed by atoms with E-state index in [1.165, 1.54) is 37.6 Å². The first-order valence-electron chi connectivity index (χ1n) is 5.61. The van der Waals surface area contributed by atoms with Crippen LogP contribution in [0.4, 0.5) is 21.6 Å². The first-order chi connectivity index (χ1) is 9.52. The Morgan fingerprint density at radius 2 is 2.20 bits per heavy atom. The summed E-state index contributed by atoms with van der Waals surface area (Å²) < 4.78 is 18.1. The Bertz CT molecular complexity index is 661. The van der Waals surface area contributed by atoms with E-state index in [4.69, 9.17) is 15.6 Å². The number of nitrogens with one attached hydrogen (secondary N) is 1. The molecule has 1 aromatic heterocycles. The van der Waals surface area contributed by atoms with Gasteiger partial charge in [-0.25, -0.2) is 14.2 Å². The maximum absolute atomic E-state index is 13.1. The summed E-state index contributed by atoms with van der Waals surface area (Å²) in [7, 11) is 1.39. The molecular weight excluding hydrogens is 265 g/mol. The number of hydrogen-bond donors (Lipinski definition) is 3. The van der Waals surface area contributed by atoms with Gasteiger partial charge in [-0.15, -0.1) is 0 Å². The number of carboxylic acids is 1. The van der Waals surface area contributed by atoms with E-state index in [9.17, 15) is 9.18 Å². The van der Waals surface area contributed by atoms with Gasteiger partial charge < -0.3 is 20.9 Å². The van der Waals surface area contributed by atoms with Gasteiger partial charge >= 0.3 is 5.97 Å². The molecule has 0 bridgehead atoms. The Labute approximate surface area is 114 Å². The van der Waals surface area contributed by atoms with E-state index >= 15 is 0 Å². The number of benzene rings is 1.